The first-order valence-corrected chi connectivity index (χ1v) is 5.50. The molecule has 0 saturated carbocycles. The quantitative estimate of drug-likeness (QED) is 0.758. The highest BCUT2D eigenvalue weighted by molar-refractivity contribution is 5.76. The third kappa shape index (κ3) is 4.44. The van der Waals surface area contributed by atoms with Gasteiger partial charge in [0.15, 0.2) is 0 Å². The number of hydrogen-bond donors (Lipinski definition) is 1. The zero-order valence-electron chi connectivity index (χ0n) is 10.2. The van der Waals surface area contributed by atoms with Crippen molar-refractivity contribution in [1.82, 2.24) is 20.0 Å². The summed E-state index contributed by atoms with van der Waals surface area (Å²) in [6.45, 7) is 3.67. The van der Waals surface area contributed by atoms with Gasteiger partial charge in [0, 0.05) is 45.5 Å². The number of nitrogens with zero attached hydrogens (tertiary/aromatic N) is 3. The first-order valence-electron chi connectivity index (χ1n) is 5.50. The predicted octanol–water partition coefficient (Wildman–Crippen LogP) is 0.340. The molecule has 1 heterocycles. The molecule has 0 aliphatic carbocycles. The minimum absolute atomic E-state index is 0.152. The van der Waals surface area contributed by atoms with E-state index in [1.165, 1.54) is 0 Å². The number of carbonyl (C=O) groups excluding carboxylic acids is 1. The van der Waals surface area contributed by atoms with Crippen molar-refractivity contribution in [2.24, 2.45) is 0 Å². The molecule has 0 radical (unpaired) electrons. The van der Waals surface area contributed by atoms with Gasteiger partial charge in [0.05, 0.1) is 6.54 Å². The van der Waals surface area contributed by atoms with Crippen LogP contribution in [0.3, 0.4) is 0 Å². The Hall–Kier alpha value is -1.36. The summed E-state index contributed by atoms with van der Waals surface area (Å²) in [6.07, 6.45) is 4.22. The second-order valence-corrected chi connectivity index (χ2v) is 4.12. The molecule has 0 fully saturated rings. The van der Waals surface area contributed by atoms with Gasteiger partial charge < -0.3 is 10.2 Å². The number of carbonyl (C=O) groups is 1. The van der Waals surface area contributed by atoms with Crippen molar-refractivity contribution in [3.8, 4) is 0 Å². The minimum atomic E-state index is 0.152. The van der Waals surface area contributed by atoms with Crippen molar-refractivity contribution in [3.05, 3.63) is 18.5 Å². The minimum Gasteiger partial charge on any atom is -0.349 e. The Morgan fingerprint density at radius 1 is 1.56 bits per heavy atom. The third-order valence-electron chi connectivity index (χ3n) is 2.37. The van der Waals surface area contributed by atoms with Gasteiger partial charge in [0.2, 0.25) is 5.91 Å². The standard InChI is InChI=1S/C11H20N4O/c1-10(9-11(16)14(2)3)12-6-8-15-7-4-5-13-15/h4-5,7,10,12H,6,8-9H2,1-3H3. The molecule has 1 amide bonds. The van der Waals surface area contributed by atoms with Crippen LogP contribution in [0.2, 0.25) is 0 Å². The van der Waals surface area contributed by atoms with Gasteiger partial charge in [-0.25, -0.2) is 0 Å². The van der Waals surface area contributed by atoms with Crippen LogP contribution in [0.5, 0.6) is 0 Å². The average Bonchev–Trinajstić information content (AvgIpc) is 2.70. The lowest BCUT2D eigenvalue weighted by atomic mass is 10.2. The van der Waals surface area contributed by atoms with Crippen LogP contribution in [0, 0.1) is 0 Å². The second-order valence-electron chi connectivity index (χ2n) is 4.12. The molecule has 1 aromatic heterocycles. The topological polar surface area (TPSA) is 50.2 Å². The highest BCUT2D eigenvalue weighted by Crippen LogP contribution is 1.94. The monoisotopic (exact) mass is 224 g/mol. The van der Waals surface area contributed by atoms with Crippen LogP contribution in [0.4, 0.5) is 0 Å². The van der Waals surface area contributed by atoms with E-state index in [-0.39, 0.29) is 11.9 Å². The lowest BCUT2D eigenvalue weighted by molar-refractivity contribution is -0.129. The van der Waals surface area contributed by atoms with Crippen LogP contribution >= 0.6 is 0 Å². The SMILES string of the molecule is CC(CC(=O)N(C)C)NCCn1cccn1. The normalized spacial score (nSPS) is 12.4. The number of hydrogen-bond acceptors (Lipinski definition) is 3. The molecule has 1 unspecified atom stereocenters. The molecule has 1 atom stereocenters. The Bertz CT molecular complexity index is 308. The van der Waals surface area contributed by atoms with Crippen LogP contribution in [0.25, 0.3) is 0 Å². The summed E-state index contributed by atoms with van der Waals surface area (Å²) in [5.74, 6) is 0.152. The maximum Gasteiger partial charge on any atom is 0.223 e. The lowest BCUT2D eigenvalue weighted by Crippen LogP contribution is -2.34. The second kappa shape index (κ2) is 6.27. The van der Waals surface area contributed by atoms with Gasteiger partial charge in [0.1, 0.15) is 0 Å². The Kier molecular flexibility index (Phi) is 4.98. The van der Waals surface area contributed by atoms with E-state index in [4.69, 9.17) is 0 Å². The van der Waals surface area contributed by atoms with E-state index in [0.717, 1.165) is 13.1 Å². The third-order valence-corrected chi connectivity index (χ3v) is 2.37. The molecule has 90 valence electrons. The highest BCUT2D eigenvalue weighted by Gasteiger charge is 2.09. The van der Waals surface area contributed by atoms with Gasteiger partial charge in [-0.3, -0.25) is 9.48 Å². The lowest BCUT2D eigenvalue weighted by Gasteiger charge is -2.16. The zero-order valence-corrected chi connectivity index (χ0v) is 10.2. The van der Waals surface area contributed by atoms with E-state index in [2.05, 4.69) is 10.4 Å². The van der Waals surface area contributed by atoms with Crippen molar-refractivity contribution < 1.29 is 4.79 Å². The molecule has 0 saturated heterocycles. The van der Waals surface area contributed by atoms with Crippen molar-refractivity contribution >= 4 is 5.91 Å². The van der Waals surface area contributed by atoms with Crippen molar-refractivity contribution in [2.75, 3.05) is 20.6 Å². The van der Waals surface area contributed by atoms with Crippen LogP contribution in [-0.4, -0.2) is 47.3 Å². The Labute approximate surface area is 96.4 Å². The Balaban J connectivity index is 2.15. The van der Waals surface area contributed by atoms with Crippen LogP contribution in [0.15, 0.2) is 18.5 Å². The fraction of sp³-hybridized carbons (Fsp3) is 0.636. The molecule has 0 aliphatic rings. The molecule has 1 rings (SSSR count). The summed E-state index contributed by atoms with van der Waals surface area (Å²) in [5.41, 5.74) is 0. The van der Waals surface area contributed by atoms with Gasteiger partial charge in [-0.05, 0) is 13.0 Å². The summed E-state index contributed by atoms with van der Waals surface area (Å²) in [5, 5.41) is 7.40. The number of aromatic nitrogens is 2. The van der Waals surface area contributed by atoms with Gasteiger partial charge in [-0.2, -0.15) is 5.10 Å². The Morgan fingerprint density at radius 3 is 2.88 bits per heavy atom. The van der Waals surface area contributed by atoms with E-state index in [1.807, 2.05) is 23.9 Å². The van der Waals surface area contributed by atoms with Crippen molar-refractivity contribution in [1.29, 1.82) is 0 Å². The first kappa shape index (κ1) is 12.7. The van der Waals surface area contributed by atoms with Gasteiger partial charge in [-0.15, -0.1) is 0 Å². The maximum atomic E-state index is 11.4. The largest absolute Gasteiger partial charge is 0.349 e. The van der Waals surface area contributed by atoms with Gasteiger partial charge in [-0.1, -0.05) is 0 Å². The maximum absolute atomic E-state index is 11.4. The molecule has 0 bridgehead atoms. The van der Waals surface area contributed by atoms with E-state index in [9.17, 15) is 4.79 Å². The van der Waals surface area contributed by atoms with Crippen LogP contribution < -0.4 is 5.32 Å². The fourth-order valence-electron chi connectivity index (χ4n) is 1.37. The van der Waals surface area contributed by atoms with Crippen molar-refractivity contribution in [2.45, 2.75) is 25.9 Å². The number of rotatable bonds is 6. The first-order chi connectivity index (χ1) is 7.59. The molecule has 1 N–H and O–H groups in total. The summed E-state index contributed by atoms with van der Waals surface area (Å²) in [7, 11) is 3.55. The van der Waals surface area contributed by atoms with E-state index in [1.54, 1.807) is 25.2 Å². The molecule has 5 nitrogen and oxygen atoms in total. The molecular formula is C11H20N4O. The summed E-state index contributed by atoms with van der Waals surface area (Å²) in [4.78, 5) is 13.0. The molecule has 0 aliphatic heterocycles. The van der Waals surface area contributed by atoms with Crippen LogP contribution in [0.1, 0.15) is 13.3 Å². The zero-order chi connectivity index (χ0) is 12.0. The summed E-state index contributed by atoms with van der Waals surface area (Å²) >= 11 is 0. The smallest absolute Gasteiger partial charge is 0.223 e. The molecule has 5 heteroatoms. The van der Waals surface area contributed by atoms with Crippen molar-refractivity contribution in [3.63, 3.8) is 0 Å². The summed E-state index contributed by atoms with van der Waals surface area (Å²) < 4.78 is 1.87. The molecule has 0 spiro atoms. The number of nitrogens with one attached hydrogen (secondary N) is 1. The highest BCUT2D eigenvalue weighted by atomic mass is 16.2. The average molecular weight is 224 g/mol. The predicted molar refractivity (Wildman–Crippen MR) is 63.0 cm³/mol. The van der Waals surface area contributed by atoms with E-state index >= 15 is 0 Å². The van der Waals surface area contributed by atoms with E-state index in [0.29, 0.717) is 6.42 Å². The molecule has 0 aromatic carbocycles. The van der Waals surface area contributed by atoms with Gasteiger partial charge >= 0.3 is 0 Å². The van der Waals surface area contributed by atoms with Crippen LogP contribution in [-0.2, 0) is 11.3 Å². The Morgan fingerprint density at radius 2 is 2.31 bits per heavy atom. The molecule has 16 heavy (non-hydrogen) atoms. The fourth-order valence-corrected chi connectivity index (χ4v) is 1.37. The number of amides is 1. The van der Waals surface area contributed by atoms with Gasteiger partial charge in [0.25, 0.3) is 0 Å². The van der Waals surface area contributed by atoms with E-state index < -0.39 is 0 Å². The summed E-state index contributed by atoms with van der Waals surface area (Å²) in [6, 6.07) is 2.10. The molecule has 1 aromatic rings. The molecular weight excluding hydrogens is 204 g/mol.